The highest BCUT2D eigenvalue weighted by atomic mass is 16.4. The second-order valence-corrected chi connectivity index (χ2v) is 3.81. The maximum Gasteiger partial charge on any atom is 0.337 e. The van der Waals surface area contributed by atoms with E-state index >= 15 is 0 Å². The van der Waals surface area contributed by atoms with Gasteiger partial charge in [0, 0.05) is 10.9 Å². The summed E-state index contributed by atoms with van der Waals surface area (Å²) in [5.41, 5.74) is 1.97. The van der Waals surface area contributed by atoms with Crippen molar-refractivity contribution in [3.63, 3.8) is 0 Å². The summed E-state index contributed by atoms with van der Waals surface area (Å²) < 4.78 is 5.43. The van der Waals surface area contributed by atoms with Crippen LogP contribution in [0.3, 0.4) is 0 Å². The SMILES string of the molecule is Cc1ccc2c(C(O)C(=O)O)c(C)oc2c1. The third kappa shape index (κ3) is 1.57. The first-order valence-electron chi connectivity index (χ1n) is 4.91. The van der Waals surface area contributed by atoms with Gasteiger partial charge in [-0.1, -0.05) is 12.1 Å². The molecule has 0 bridgehead atoms. The second-order valence-electron chi connectivity index (χ2n) is 3.81. The molecule has 1 atom stereocenters. The number of carbonyl (C=O) groups is 1. The average Bonchev–Trinajstić information content (AvgIpc) is 2.51. The van der Waals surface area contributed by atoms with Crippen LogP contribution < -0.4 is 0 Å². The summed E-state index contributed by atoms with van der Waals surface area (Å²) in [5.74, 6) is -0.832. The lowest BCUT2D eigenvalue weighted by atomic mass is 10.0. The van der Waals surface area contributed by atoms with E-state index in [1.54, 1.807) is 13.0 Å². The molecule has 0 saturated heterocycles. The van der Waals surface area contributed by atoms with Crippen LogP contribution in [0, 0.1) is 13.8 Å². The van der Waals surface area contributed by atoms with E-state index in [0.29, 0.717) is 22.3 Å². The number of aliphatic hydroxyl groups is 1. The van der Waals surface area contributed by atoms with Crippen LogP contribution in [0.5, 0.6) is 0 Å². The zero-order valence-electron chi connectivity index (χ0n) is 9.02. The molecular formula is C12H12O4. The maximum atomic E-state index is 10.8. The normalized spacial score (nSPS) is 12.9. The van der Waals surface area contributed by atoms with E-state index in [1.165, 1.54) is 0 Å². The zero-order valence-corrected chi connectivity index (χ0v) is 9.02. The summed E-state index contributed by atoms with van der Waals surface area (Å²) in [6.07, 6.45) is -1.54. The van der Waals surface area contributed by atoms with Crippen LogP contribution in [0.1, 0.15) is 23.0 Å². The van der Waals surface area contributed by atoms with E-state index < -0.39 is 12.1 Å². The molecule has 1 aromatic heterocycles. The monoisotopic (exact) mass is 220 g/mol. The highest BCUT2D eigenvalue weighted by Gasteiger charge is 2.24. The number of fused-ring (bicyclic) bond motifs is 1. The van der Waals surface area contributed by atoms with Crippen molar-refractivity contribution in [3.8, 4) is 0 Å². The summed E-state index contributed by atoms with van der Waals surface area (Å²) in [4.78, 5) is 10.8. The molecule has 0 aliphatic rings. The predicted octanol–water partition coefficient (Wildman–Crippen LogP) is 2.17. The lowest BCUT2D eigenvalue weighted by Gasteiger charge is -2.04. The van der Waals surface area contributed by atoms with Crippen LogP contribution in [-0.4, -0.2) is 16.2 Å². The standard InChI is InChI=1S/C12H12O4/c1-6-3-4-8-9(5-6)16-7(2)10(8)11(13)12(14)15/h3-5,11,13H,1-2H3,(H,14,15). The number of carboxylic acid groups (broad SMARTS) is 1. The van der Waals surface area contributed by atoms with E-state index in [0.717, 1.165) is 5.56 Å². The van der Waals surface area contributed by atoms with Gasteiger partial charge >= 0.3 is 5.97 Å². The summed E-state index contributed by atoms with van der Waals surface area (Å²) >= 11 is 0. The molecule has 16 heavy (non-hydrogen) atoms. The molecule has 84 valence electrons. The Morgan fingerprint density at radius 1 is 1.38 bits per heavy atom. The maximum absolute atomic E-state index is 10.8. The van der Waals surface area contributed by atoms with Crippen molar-refractivity contribution in [1.82, 2.24) is 0 Å². The topological polar surface area (TPSA) is 70.7 Å². The minimum Gasteiger partial charge on any atom is -0.479 e. The molecule has 2 N–H and O–H groups in total. The first kappa shape index (κ1) is 10.7. The number of hydrogen-bond donors (Lipinski definition) is 2. The van der Waals surface area contributed by atoms with Gasteiger partial charge in [0.1, 0.15) is 11.3 Å². The number of benzene rings is 1. The Balaban J connectivity index is 2.69. The van der Waals surface area contributed by atoms with Crippen molar-refractivity contribution in [2.24, 2.45) is 0 Å². The fourth-order valence-corrected chi connectivity index (χ4v) is 1.81. The Kier molecular flexibility index (Phi) is 2.44. The minimum absolute atomic E-state index is 0.336. The molecule has 4 nitrogen and oxygen atoms in total. The number of hydrogen-bond acceptors (Lipinski definition) is 3. The number of aryl methyl sites for hydroxylation is 2. The lowest BCUT2D eigenvalue weighted by Crippen LogP contribution is -2.10. The Hall–Kier alpha value is -1.81. The van der Waals surface area contributed by atoms with Gasteiger partial charge in [-0.25, -0.2) is 4.79 Å². The molecule has 0 spiro atoms. The average molecular weight is 220 g/mol. The van der Waals surface area contributed by atoms with Gasteiger partial charge in [0.15, 0.2) is 6.10 Å². The van der Waals surface area contributed by atoms with Crippen molar-refractivity contribution in [2.75, 3.05) is 0 Å². The first-order chi connectivity index (χ1) is 7.50. The van der Waals surface area contributed by atoms with Crippen LogP contribution in [0.4, 0.5) is 0 Å². The Labute approximate surface area is 92.1 Å². The third-order valence-corrected chi connectivity index (χ3v) is 2.58. The van der Waals surface area contributed by atoms with Gasteiger partial charge in [-0.2, -0.15) is 0 Å². The van der Waals surface area contributed by atoms with Gasteiger partial charge in [-0.05, 0) is 25.5 Å². The zero-order chi connectivity index (χ0) is 11.9. The Bertz CT molecular complexity index is 553. The number of carboxylic acids is 1. The predicted molar refractivity (Wildman–Crippen MR) is 58.3 cm³/mol. The smallest absolute Gasteiger partial charge is 0.337 e. The number of furan rings is 1. The summed E-state index contributed by atoms with van der Waals surface area (Å²) in [7, 11) is 0. The van der Waals surface area contributed by atoms with Gasteiger partial charge in [-0.15, -0.1) is 0 Å². The van der Waals surface area contributed by atoms with Gasteiger partial charge < -0.3 is 14.6 Å². The summed E-state index contributed by atoms with van der Waals surface area (Å²) in [6, 6.07) is 5.44. The molecule has 1 heterocycles. The minimum atomic E-state index is -1.54. The molecular weight excluding hydrogens is 208 g/mol. The number of aliphatic carboxylic acids is 1. The molecule has 4 heteroatoms. The largest absolute Gasteiger partial charge is 0.479 e. The van der Waals surface area contributed by atoms with Crippen molar-refractivity contribution in [3.05, 3.63) is 35.1 Å². The Morgan fingerprint density at radius 3 is 2.69 bits per heavy atom. The number of aliphatic hydroxyl groups excluding tert-OH is 1. The van der Waals surface area contributed by atoms with Crippen LogP contribution in [0.25, 0.3) is 11.0 Å². The van der Waals surface area contributed by atoms with Gasteiger partial charge in [0.25, 0.3) is 0 Å². The summed E-state index contributed by atoms with van der Waals surface area (Å²) in [5, 5.41) is 19.0. The van der Waals surface area contributed by atoms with E-state index in [2.05, 4.69) is 0 Å². The molecule has 1 aromatic carbocycles. The molecule has 2 aromatic rings. The molecule has 0 amide bonds. The van der Waals surface area contributed by atoms with Crippen molar-refractivity contribution in [1.29, 1.82) is 0 Å². The molecule has 1 unspecified atom stereocenters. The van der Waals surface area contributed by atoms with Crippen molar-refractivity contribution < 1.29 is 19.4 Å². The van der Waals surface area contributed by atoms with Gasteiger partial charge in [-0.3, -0.25) is 0 Å². The highest BCUT2D eigenvalue weighted by Crippen LogP contribution is 2.31. The highest BCUT2D eigenvalue weighted by molar-refractivity contribution is 5.88. The summed E-state index contributed by atoms with van der Waals surface area (Å²) in [6.45, 7) is 3.57. The molecule has 0 aliphatic carbocycles. The van der Waals surface area contributed by atoms with E-state index in [4.69, 9.17) is 9.52 Å². The van der Waals surface area contributed by atoms with Crippen LogP contribution in [-0.2, 0) is 4.79 Å². The molecule has 0 saturated carbocycles. The molecule has 0 fully saturated rings. The van der Waals surface area contributed by atoms with E-state index in [-0.39, 0.29) is 0 Å². The third-order valence-electron chi connectivity index (χ3n) is 2.58. The second kappa shape index (κ2) is 3.64. The van der Waals surface area contributed by atoms with E-state index in [1.807, 2.05) is 19.1 Å². The van der Waals surface area contributed by atoms with Crippen LogP contribution >= 0.6 is 0 Å². The fraction of sp³-hybridized carbons (Fsp3) is 0.250. The van der Waals surface area contributed by atoms with E-state index in [9.17, 15) is 9.90 Å². The van der Waals surface area contributed by atoms with Crippen LogP contribution in [0.15, 0.2) is 22.6 Å². The Morgan fingerprint density at radius 2 is 2.06 bits per heavy atom. The fourth-order valence-electron chi connectivity index (χ4n) is 1.81. The quantitative estimate of drug-likeness (QED) is 0.813. The van der Waals surface area contributed by atoms with Gasteiger partial charge in [0.05, 0.1) is 0 Å². The van der Waals surface area contributed by atoms with Gasteiger partial charge in [0.2, 0.25) is 0 Å². The molecule has 0 aliphatic heterocycles. The van der Waals surface area contributed by atoms with Crippen molar-refractivity contribution >= 4 is 16.9 Å². The van der Waals surface area contributed by atoms with Crippen LogP contribution in [0.2, 0.25) is 0 Å². The van der Waals surface area contributed by atoms with Crippen molar-refractivity contribution in [2.45, 2.75) is 20.0 Å². The first-order valence-corrected chi connectivity index (χ1v) is 4.91. The lowest BCUT2D eigenvalue weighted by molar-refractivity contribution is -0.146. The molecule has 2 rings (SSSR count). The number of rotatable bonds is 2. The molecule has 0 radical (unpaired) electrons.